The fourth-order valence-electron chi connectivity index (χ4n) is 4.53. The van der Waals surface area contributed by atoms with Gasteiger partial charge in [-0.3, -0.25) is 9.67 Å². The number of imidazole rings is 1. The first kappa shape index (κ1) is 26.3. The number of aromatic nitrogens is 7. The molecular weight excluding hydrogens is 507 g/mol. The third kappa shape index (κ3) is 5.08. The molecule has 6 rings (SSSR count). The molecule has 39 heavy (non-hydrogen) atoms. The largest absolute Gasteiger partial charge is 0.480 e. The van der Waals surface area contributed by atoms with Gasteiger partial charge in [-0.1, -0.05) is 38.1 Å². The lowest BCUT2D eigenvalue weighted by molar-refractivity contribution is -0.140. The van der Waals surface area contributed by atoms with E-state index in [1.807, 2.05) is 42.8 Å². The Kier molecular flexibility index (Phi) is 7.07. The first-order chi connectivity index (χ1) is 18.8. The summed E-state index contributed by atoms with van der Waals surface area (Å²) in [6, 6.07) is 11.1. The van der Waals surface area contributed by atoms with E-state index in [2.05, 4.69) is 19.9 Å². The Balaban J connectivity index is 0.00000151. The molecule has 1 aromatic carbocycles. The first-order valence-corrected chi connectivity index (χ1v) is 12.7. The molecule has 0 atom stereocenters. The predicted molar refractivity (Wildman–Crippen MR) is 141 cm³/mol. The zero-order valence-corrected chi connectivity index (χ0v) is 22.1. The van der Waals surface area contributed by atoms with Crippen LogP contribution in [0.15, 0.2) is 55.1 Å². The van der Waals surface area contributed by atoms with Gasteiger partial charge in [0.1, 0.15) is 23.4 Å². The molecule has 5 aromatic rings. The van der Waals surface area contributed by atoms with Crippen LogP contribution in [0.5, 0.6) is 5.88 Å². The number of alkyl halides is 3. The molecule has 8 nitrogen and oxygen atoms in total. The maximum Gasteiger partial charge on any atom is 0.434 e. The van der Waals surface area contributed by atoms with Crippen molar-refractivity contribution in [2.75, 3.05) is 7.11 Å². The number of nitrogens with zero attached hydrogens (tertiary/aromatic N) is 7. The number of pyridine rings is 1. The van der Waals surface area contributed by atoms with Crippen molar-refractivity contribution < 1.29 is 17.9 Å². The highest BCUT2D eigenvalue weighted by molar-refractivity contribution is 5.92. The molecule has 0 amide bonds. The van der Waals surface area contributed by atoms with Crippen LogP contribution in [-0.2, 0) is 19.8 Å². The molecule has 4 aromatic heterocycles. The number of ether oxygens (including phenoxy) is 1. The molecule has 0 saturated heterocycles. The fourth-order valence-corrected chi connectivity index (χ4v) is 4.53. The number of fused-ring (bicyclic) bond motifs is 1. The van der Waals surface area contributed by atoms with Crippen LogP contribution in [-0.4, -0.2) is 41.4 Å². The lowest BCUT2D eigenvalue weighted by Gasteiger charge is -2.09. The maximum absolute atomic E-state index is 13.1. The first-order valence-electron chi connectivity index (χ1n) is 12.7. The molecule has 0 unspecified atom stereocenters. The predicted octanol–water partition coefficient (Wildman–Crippen LogP) is 6.27. The van der Waals surface area contributed by atoms with Gasteiger partial charge in [0, 0.05) is 30.9 Å². The third-order valence-corrected chi connectivity index (χ3v) is 6.46. The van der Waals surface area contributed by atoms with E-state index < -0.39 is 11.9 Å². The molecule has 1 aliphatic rings. The Morgan fingerprint density at radius 2 is 1.77 bits per heavy atom. The van der Waals surface area contributed by atoms with Crippen molar-refractivity contribution in [3.63, 3.8) is 0 Å². The number of rotatable bonds is 6. The van der Waals surface area contributed by atoms with Gasteiger partial charge < -0.3 is 9.30 Å². The van der Waals surface area contributed by atoms with E-state index >= 15 is 0 Å². The second-order valence-corrected chi connectivity index (χ2v) is 9.05. The molecule has 0 bridgehead atoms. The van der Waals surface area contributed by atoms with Crippen LogP contribution in [0.1, 0.15) is 49.6 Å². The van der Waals surface area contributed by atoms with Crippen LogP contribution >= 0.6 is 0 Å². The Morgan fingerprint density at radius 3 is 2.41 bits per heavy atom. The lowest BCUT2D eigenvalue weighted by Crippen LogP contribution is -2.05. The van der Waals surface area contributed by atoms with Gasteiger partial charge in [-0.15, -0.1) is 0 Å². The smallest absolute Gasteiger partial charge is 0.434 e. The number of halogens is 3. The van der Waals surface area contributed by atoms with E-state index in [1.54, 1.807) is 32.5 Å². The Hall–Kier alpha value is -4.28. The van der Waals surface area contributed by atoms with Crippen molar-refractivity contribution in [2.45, 2.75) is 45.3 Å². The summed E-state index contributed by atoms with van der Waals surface area (Å²) in [5, 5.41) is 4.91. The van der Waals surface area contributed by atoms with Gasteiger partial charge in [0.25, 0.3) is 0 Å². The minimum atomic E-state index is -4.49. The van der Waals surface area contributed by atoms with Crippen LogP contribution in [0.4, 0.5) is 13.2 Å². The second-order valence-electron chi connectivity index (χ2n) is 9.05. The van der Waals surface area contributed by atoms with E-state index in [1.165, 1.54) is 10.9 Å². The SMILES string of the molecule is CC.COc1ncnc(C2CC2)c1-c1nn(Cc2ccc(-c3nc(C(F)(F)F)cn3C)cc2)c2cccnc12. The summed E-state index contributed by atoms with van der Waals surface area (Å²) in [5.41, 5.74) is 4.52. The molecule has 0 radical (unpaired) electrons. The molecule has 0 N–H and O–H groups in total. The van der Waals surface area contributed by atoms with Crippen LogP contribution in [0.3, 0.4) is 0 Å². The van der Waals surface area contributed by atoms with Crippen molar-refractivity contribution in [3.8, 4) is 28.5 Å². The molecule has 1 aliphatic carbocycles. The molecule has 1 saturated carbocycles. The van der Waals surface area contributed by atoms with Crippen molar-refractivity contribution in [3.05, 3.63) is 72.1 Å². The van der Waals surface area contributed by atoms with Crippen molar-refractivity contribution in [1.82, 2.24) is 34.3 Å². The quantitative estimate of drug-likeness (QED) is 0.255. The van der Waals surface area contributed by atoms with E-state index in [-0.39, 0.29) is 5.82 Å². The molecule has 0 spiro atoms. The molecule has 202 valence electrons. The summed E-state index contributed by atoms with van der Waals surface area (Å²) in [6.07, 6.45) is 1.86. The maximum atomic E-state index is 13.1. The van der Waals surface area contributed by atoms with Crippen molar-refractivity contribution in [2.24, 2.45) is 7.05 Å². The van der Waals surface area contributed by atoms with Gasteiger partial charge in [0.2, 0.25) is 5.88 Å². The van der Waals surface area contributed by atoms with Gasteiger partial charge in [-0.25, -0.2) is 15.0 Å². The number of hydrogen-bond donors (Lipinski definition) is 0. The fraction of sp³-hybridized carbons (Fsp3) is 0.321. The highest BCUT2D eigenvalue weighted by Crippen LogP contribution is 2.46. The van der Waals surface area contributed by atoms with Crippen molar-refractivity contribution >= 4 is 11.0 Å². The highest BCUT2D eigenvalue weighted by Gasteiger charge is 2.35. The molecule has 0 aliphatic heterocycles. The number of benzene rings is 1. The van der Waals surface area contributed by atoms with Crippen LogP contribution in [0.25, 0.3) is 33.7 Å². The van der Waals surface area contributed by atoms with Crippen LogP contribution in [0.2, 0.25) is 0 Å². The molecular formula is C28H28F3N7O. The summed E-state index contributed by atoms with van der Waals surface area (Å²) in [6.45, 7) is 4.44. The number of hydrogen-bond acceptors (Lipinski definition) is 6. The molecule has 1 fully saturated rings. The van der Waals surface area contributed by atoms with Gasteiger partial charge in [0.15, 0.2) is 5.69 Å². The zero-order chi connectivity index (χ0) is 27.7. The minimum Gasteiger partial charge on any atom is -0.480 e. The highest BCUT2D eigenvalue weighted by atomic mass is 19.4. The summed E-state index contributed by atoms with van der Waals surface area (Å²) >= 11 is 0. The summed E-state index contributed by atoms with van der Waals surface area (Å²) in [5.74, 6) is 1.07. The standard InChI is InChI=1S/C26H22F3N7O.C2H6/c1-35-13-19(26(27,28)29)33-24(35)17-7-5-15(6-8-17)12-36-18-4-3-11-30-22(18)23(34-36)20-21(16-9-10-16)31-14-32-25(20)37-2;1-2/h3-8,11,13-14,16H,9-10,12H2,1-2H3;1-2H3. The van der Waals surface area contributed by atoms with Gasteiger partial charge in [0.05, 0.1) is 30.4 Å². The number of methoxy groups -OCH3 is 1. The van der Waals surface area contributed by atoms with Gasteiger partial charge in [-0.2, -0.15) is 18.3 Å². The monoisotopic (exact) mass is 535 g/mol. The minimum absolute atomic E-state index is 0.249. The van der Waals surface area contributed by atoms with E-state index in [4.69, 9.17) is 9.84 Å². The molecule has 11 heteroatoms. The summed E-state index contributed by atoms with van der Waals surface area (Å²) in [7, 11) is 3.13. The average Bonchev–Trinajstić information content (AvgIpc) is 3.63. The average molecular weight is 536 g/mol. The normalized spacial score (nSPS) is 13.3. The zero-order valence-electron chi connectivity index (χ0n) is 22.1. The van der Waals surface area contributed by atoms with Gasteiger partial charge in [-0.05, 0) is 30.5 Å². The van der Waals surface area contributed by atoms with E-state index in [0.717, 1.165) is 46.9 Å². The van der Waals surface area contributed by atoms with E-state index in [0.29, 0.717) is 29.6 Å². The van der Waals surface area contributed by atoms with E-state index in [9.17, 15) is 13.2 Å². The van der Waals surface area contributed by atoms with Crippen LogP contribution < -0.4 is 4.74 Å². The Labute approximate surface area is 223 Å². The third-order valence-electron chi connectivity index (χ3n) is 6.46. The number of aryl methyl sites for hydroxylation is 1. The van der Waals surface area contributed by atoms with Crippen LogP contribution in [0, 0.1) is 0 Å². The Bertz CT molecular complexity index is 1600. The second kappa shape index (κ2) is 10.5. The van der Waals surface area contributed by atoms with Gasteiger partial charge >= 0.3 is 6.18 Å². The van der Waals surface area contributed by atoms with Crippen molar-refractivity contribution in [1.29, 1.82) is 0 Å². The molecule has 4 heterocycles. The topological polar surface area (TPSA) is 83.5 Å². The Morgan fingerprint density at radius 1 is 1.03 bits per heavy atom. The lowest BCUT2D eigenvalue weighted by atomic mass is 10.1. The summed E-state index contributed by atoms with van der Waals surface area (Å²) in [4.78, 5) is 17.2. The summed E-state index contributed by atoms with van der Waals surface area (Å²) < 4.78 is 48.0.